The van der Waals surface area contributed by atoms with E-state index in [1.165, 1.54) is 37.4 Å². The molecule has 0 aliphatic rings. The smallest absolute Gasteiger partial charge is 0.339 e. The minimum Gasteiger partial charge on any atom is -0.492 e. The number of nitrogens with one attached hydrogen (secondary N) is 2. The molecular weight excluding hydrogens is 492 g/mol. The van der Waals surface area contributed by atoms with Gasteiger partial charge in [0.1, 0.15) is 16.7 Å². The summed E-state index contributed by atoms with van der Waals surface area (Å²) in [6.07, 6.45) is 0.0524. The average Bonchev–Trinajstić information content (AvgIpc) is 2.85. The van der Waals surface area contributed by atoms with Gasteiger partial charge in [-0.3, -0.25) is 4.79 Å². The summed E-state index contributed by atoms with van der Waals surface area (Å²) >= 11 is 6.05. The highest BCUT2D eigenvalue weighted by Gasteiger charge is 2.29. The van der Waals surface area contributed by atoms with Gasteiger partial charge in [-0.05, 0) is 49.2 Å². The molecule has 8 nitrogen and oxygen atoms in total. The fraction of sp³-hybridized carbons (Fsp3) is 0.200. The normalized spacial score (nSPS) is 12.0. The van der Waals surface area contributed by atoms with Crippen molar-refractivity contribution in [2.75, 3.05) is 19.0 Å². The molecule has 0 aliphatic heterocycles. The standard InChI is InChI=1S/C25H25ClN2O6S/c1-3-34-22-14-13-18(26)16-23(22)35(31,32)28-21(15-17-9-5-4-6-10-17)24(29)27-20-12-8-7-11-19(20)25(30)33-2/h4-14,16,21,28H,3,15H2,1-2H3,(H,27,29). The number of esters is 1. The third-order valence-corrected chi connectivity index (χ3v) is 6.71. The third kappa shape index (κ3) is 6.82. The van der Waals surface area contributed by atoms with Crippen molar-refractivity contribution in [3.05, 3.63) is 88.9 Å². The van der Waals surface area contributed by atoms with E-state index in [0.29, 0.717) is 0 Å². The first-order valence-corrected chi connectivity index (χ1v) is 12.6. The molecule has 0 spiro atoms. The molecule has 3 aromatic carbocycles. The van der Waals surface area contributed by atoms with Crippen molar-refractivity contribution in [1.82, 2.24) is 4.72 Å². The van der Waals surface area contributed by atoms with Crippen molar-refractivity contribution in [3.63, 3.8) is 0 Å². The van der Waals surface area contributed by atoms with Crippen molar-refractivity contribution in [3.8, 4) is 5.75 Å². The quantitative estimate of drug-likeness (QED) is 0.393. The van der Waals surface area contributed by atoms with Gasteiger partial charge in [0, 0.05) is 5.02 Å². The molecule has 1 unspecified atom stereocenters. The lowest BCUT2D eigenvalue weighted by Gasteiger charge is -2.20. The van der Waals surface area contributed by atoms with E-state index in [1.54, 1.807) is 43.3 Å². The second-order valence-electron chi connectivity index (χ2n) is 7.41. The highest BCUT2D eigenvalue weighted by molar-refractivity contribution is 7.89. The maximum Gasteiger partial charge on any atom is 0.339 e. The number of carbonyl (C=O) groups is 2. The first-order chi connectivity index (χ1) is 16.7. The molecule has 0 fully saturated rings. The average molecular weight is 517 g/mol. The van der Waals surface area contributed by atoms with Crippen LogP contribution < -0.4 is 14.8 Å². The second kappa shape index (κ2) is 11.8. The molecule has 184 valence electrons. The number of ether oxygens (including phenoxy) is 2. The van der Waals surface area contributed by atoms with Gasteiger partial charge < -0.3 is 14.8 Å². The first kappa shape index (κ1) is 26.2. The monoisotopic (exact) mass is 516 g/mol. The molecule has 1 amide bonds. The van der Waals surface area contributed by atoms with Crippen LogP contribution in [-0.2, 0) is 26.0 Å². The van der Waals surface area contributed by atoms with Gasteiger partial charge in [-0.1, -0.05) is 54.1 Å². The van der Waals surface area contributed by atoms with Gasteiger partial charge >= 0.3 is 5.97 Å². The molecule has 0 aromatic heterocycles. The van der Waals surface area contributed by atoms with Crippen LogP contribution in [-0.4, -0.2) is 40.1 Å². The van der Waals surface area contributed by atoms with Crippen LogP contribution in [0.1, 0.15) is 22.8 Å². The third-order valence-electron chi connectivity index (χ3n) is 4.98. The molecule has 1 atom stereocenters. The fourth-order valence-electron chi connectivity index (χ4n) is 3.36. The lowest BCUT2D eigenvalue weighted by atomic mass is 10.1. The lowest BCUT2D eigenvalue weighted by Crippen LogP contribution is -2.45. The Hall–Kier alpha value is -3.40. The van der Waals surface area contributed by atoms with Crippen molar-refractivity contribution >= 4 is 39.2 Å². The molecule has 0 radical (unpaired) electrons. The second-order valence-corrected chi connectivity index (χ2v) is 9.53. The maximum absolute atomic E-state index is 13.4. The number of para-hydroxylation sites is 1. The van der Waals surface area contributed by atoms with Crippen LogP contribution in [0.2, 0.25) is 5.02 Å². The van der Waals surface area contributed by atoms with Crippen LogP contribution in [0.3, 0.4) is 0 Å². The number of amides is 1. The van der Waals surface area contributed by atoms with Crippen LogP contribution in [0.5, 0.6) is 5.75 Å². The predicted molar refractivity (Wildman–Crippen MR) is 133 cm³/mol. The minimum absolute atomic E-state index is 0.0524. The van der Waals surface area contributed by atoms with Gasteiger partial charge in [-0.2, -0.15) is 4.72 Å². The number of anilines is 1. The fourth-order valence-corrected chi connectivity index (χ4v) is 4.96. The summed E-state index contributed by atoms with van der Waals surface area (Å²) in [5, 5.41) is 2.85. The topological polar surface area (TPSA) is 111 Å². The van der Waals surface area contributed by atoms with Crippen molar-refractivity contribution < 1.29 is 27.5 Å². The predicted octanol–water partition coefficient (Wildman–Crippen LogP) is 4.05. The number of methoxy groups -OCH3 is 1. The Balaban J connectivity index is 1.96. The van der Waals surface area contributed by atoms with E-state index in [1.807, 2.05) is 6.07 Å². The summed E-state index contributed by atoms with van der Waals surface area (Å²) < 4.78 is 39.4. The summed E-state index contributed by atoms with van der Waals surface area (Å²) in [7, 11) is -3.00. The number of hydrogen-bond donors (Lipinski definition) is 2. The lowest BCUT2D eigenvalue weighted by molar-refractivity contribution is -0.117. The van der Waals surface area contributed by atoms with E-state index in [0.717, 1.165) is 5.56 Å². The Labute approximate surface area is 209 Å². The van der Waals surface area contributed by atoms with E-state index < -0.39 is 27.9 Å². The zero-order valence-corrected chi connectivity index (χ0v) is 20.7. The van der Waals surface area contributed by atoms with E-state index in [4.69, 9.17) is 21.1 Å². The van der Waals surface area contributed by atoms with Gasteiger partial charge in [-0.15, -0.1) is 0 Å². The number of hydrogen-bond acceptors (Lipinski definition) is 6. The molecule has 0 saturated carbocycles. The summed E-state index contributed by atoms with van der Waals surface area (Å²) in [6, 6.07) is 18.3. The molecule has 35 heavy (non-hydrogen) atoms. The van der Waals surface area contributed by atoms with E-state index in [2.05, 4.69) is 10.0 Å². The van der Waals surface area contributed by atoms with E-state index in [-0.39, 0.29) is 39.9 Å². The van der Waals surface area contributed by atoms with Gasteiger partial charge in [0.05, 0.1) is 25.0 Å². The van der Waals surface area contributed by atoms with Crippen LogP contribution >= 0.6 is 11.6 Å². The van der Waals surface area contributed by atoms with E-state index >= 15 is 0 Å². The van der Waals surface area contributed by atoms with Crippen molar-refractivity contribution in [1.29, 1.82) is 0 Å². The maximum atomic E-state index is 13.4. The summed E-state index contributed by atoms with van der Waals surface area (Å²) in [5.74, 6) is -1.19. The van der Waals surface area contributed by atoms with Crippen molar-refractivity contribution in [2.45, 2.75) is 24.3 Å². The van der Waals surface area contributed by atoms with Crippen LogP contribution in [0.25, 0.3) is 0 Å². The largest absolute Gasteiger partial charge is 0.492 e. The number of benzene rings is 3. The van der Waals surface area contributed by atoms with Crippen LogP contribution in [0.4, 0.5) is 5.69 Å². The number of sulfonamides is 1. The van der Waals surface area contributed by atoms with E-state index in [9.17, 15) is 18.0 Å². The molecule has 2 N–H and O–H groups in total. The first-order valence-electron chi connectivity index (χ1n) is 10.7. The van der Waals surface area contributed by atoms with Gasteiger partial charge in [0.25, 0.3) is 0 Å². The number of halogens is 1. The molecule has 0 aliphatic carbocycles. The van der Waals surface area contributed by atoms with Gasteiger partial charge in [0.2, 0.25) is 15.9 Å². The molecule has 3 aromatic rings. The Kier molecular flexibility index (Phi) is 8.86. The molecule has 10 heteroatoms. The number of carbonyl (C=O) groups excluding carboxylic acids is 2. The zero-order chi connectivity index (χ0) is 25.4. The Morgan fingerprint density at radius 1 is 1.00 bits per heavy atom. The van der Waals surface area contributed by atoms with Crippen molar-refractivity contribution in [2.24, 2.45) is 0 Å². The van der Waals surface area contributed by atoms with Crippen LogP contribution in [0, 0.1) is 0 Å². The Morgan fingerprint density at radius 2 is 1.69 bits per heavy atom. The molecule has 3 rings (SSSR count). The summed E-state index contributed by atoms with van der Waals surface area (Å²) in [5.41, 5.74) is 1.06. The molecule has 0 bridgehead atoms. The zero-order valence-electron chi connectivity index (χ0n) is 19.2. The SMILES string of the molecule is CCOc1ccc(Cl)cc1S(=O)(=O)NC(Cc1ccccc1)C(=O)Nc1ccccc1C(=O)OC. The van der Waals surface area contributed by atoms with Crippen LogP contribution in [0.15, 0.2) is 77.7 Å². The summed E-state index contributed by atoms with van der Waals surface area (Å²) in [4.78, 5) is 25.2. The minimum atomic E-state index is -4.24. The van der Waals surface area contributed by atoms with Gasteiger partial charge in [-0.25, -0.2) is 13.2 Å². The highest BCUT2D eigenvalue weighted by atomic mass is 35.5. The Morgan fingerprint density at radius 3 is 2.37 bits per heavy atom. The number of rotatable bonds is 10. The molecule has 0 saturated heterocycles. The highest BCUT2D eigenvalue weighted by Crippen LogP contribution is 2.28. The molecule has 0 heterocycles. The summed E-state index contributed by atoms with van der Waals surface area (Å²) in [6.45, 7) is 1.96. The van der Waals surface area contributed by atoms with Gasteiger partial charge in [0.15, 0.2) is 0 Å². The Bertz CT molecular complexity index is 1300. The molecular formula is C25H25ClN2O6S.